The third-order valence-electron chi connectivity index (χ3n) is 4.26. The monoisotopic (exact) mass is 318 g/mol. The molecule has 0 radical (unpaired) electrons. The van der Waals surface area contributed by atoms with Crippen molar-refractivity contribution in [3.8, 4) is 5.75 Å². The Morgan fingerprint density at radius 3 is 2.61 bits per heavy atom. The summed E-state index contributed by atoms with van der Waals surface area (Å²) < 4.78 is 5.67. The van der Waals surface area contributed by atoms with Crippen molar-refractivity contribution in [3.05, 3.63) is 23.8 Å². The first-order chi connectivity index (χ1) is 10.7. The molecular weight excluding hydrogens is 284 g/mol. The first-order valence-electron chi connectivity index (χ1n) is 8.96. The van der Waals surface area contributed by atoms with Gasteiger partial charge in [-0.05, 0) is 56.2 Å². The maximum absolute atomic E-state index is 5.67. The number of hydrogen-bond donors (Lipinski definition) is 2. The van der Waals surface area contributed by atoms with Gasteiger partial charge in [-0.3, -0.25) is 0 Å². The molecule has 0 saturated carbocycles. The van der Waals surface area contributed by atoms with Crippen LogP contribution in [0, 0.1) is 5.41 Å². The summed E-state index contributed by atoms with van der Waals surface area (Å²) in [7, 11) is 0. The zero-order valence-electron chi connectivity index (χ0n) is 15.8. The number of anilines is 1. The molecule has 1 aromatic carbocycles. The van der Waals surface area contributed by atoms with Gasteiger partial charge >= 0.3 is 0 Å². The third kappa shape index (κ3) is 5.72. The number of hydrogen-bond acceptors (Lipinski definition) is 3. The summed E-state index contributed by atoms with van der Waals surface area (Å²) in [4.78, 5) is 0. The smallest absolute Gasteiger partial charge is 0.142 e. The minimum atomic E-state index is 0.147. The topological polar surface area (TPSA) is 33.3 Å². The highest BCUT2D eigenvalue weighted by Crippen LogP contribution is 2.30. The highest BCUT2D eigenvalue weighted by Gasteiger charge is 2.27. The Bertz CT molecular complexity index is 517. The van der Waals surface area contributed by atoms with Crippen molar-refractivity contribution < 1.29 is 4.74 Å². The van der Waals surface area contributed by atoms with Crippen LogP contribution in [0.4, 0.5) is 5.69 Å². The summed E-state index contributed by atoms with van der Waals surface area (Å²) in [6, 6.07) is 7.04. The Morgan fingerprint density at radius 2 is 1.96 bits per heavy atom. The van der Waals surface area contributed by atoms with Crippen molar-refractivity contribution in [2.24, 2.45) is 5.41 Å². The van der Waals surface area contributed by atoms with Crippen molar-refractivity contribution in [2.45, 2.75) is 72.4 Å². The molecule has 130 valence electrons. The van der Waals surface area contributed by atoms with Crippen molar-refractivity contribution >= 4 is 5.69 Å². The van der Waals surface area contributed by atoms with E-state index in [0.29, 0.717) is 11.5 Å². The van der Waals surface area contributed by atoms with E-state index in [9.17, 15) is 0 Å². The van der Waals surface area contributed by atoms with E-state index in [2.05, 4.69) is 70.4 Å². The zero-order valence-corrected chi connectivity index (χ0v) is 15.8. The number of benzene rings is 1. The lowest BCUT2D eigenvalue weighted by molar-refractivity contribution is 0.219. The molecule has 1 atom stereocenters. The molecule has 0 bridgehead atoms. The molecule has 3 heteroatoms. The van der Waals surface area contributed by atoms with Gasteiger partial charge in [-0.15, -0.1) is 0 Å². The van der Waals surface area contributed by atoms with Gasteiger partial charge in [0.2, 0.25) is 0 Å². The van der Waals surface area contributed by atoms with Crippen molar-refractivity contribution in [3.63, 3.8) is 0 Å². The molecule has 0 spiro atoms. The molecule has 1 unspecified atom stereocenters. The summed E-state index contributed by atoms with van der Waals surface area (Å²) in [6.07, 6.45) is 3.35. The highest BCUT2D eigenvalue weighted by molar-refractivity contribution is 5.59. The lowest BCUT2D eigenvalue weighted by Gasteiger charge is -2.37. The Labute approximate surface area is 142 Å². The van der Waals surface area contributed by atoms with Gasteiger partial charge in [0.15, 0.2) is 0 Å². The van der Waals surface area contributed by atoms with Crippen LogP contribution in [-0.4, -0.2) is 24.7 Å². The van der Waals surface area contributed by atoms with E-state index in [4.69, 9.17) is 4.74 Å². The average molecular weight is 319 g/mol. The van der Waals surface area contributed by atoms with Crippen LogP contribution in [0.2, 0.25) is 0 Å². The minimum absolute atomic E-state index is 0.147. The Kier molecular flexibility index (Phi) is 5.61. The molecular formula is C20H34N2O. The van der Waals surface area contributed by atoms with Crippen LogP contribution in [-0.2, 0) is 6.42 Å². The van der Waals surface area contributed by atoms with Gasteiger partial charge in [-0.25, -0.2) is 0 Å². The van der Waals surface area contributed by atoms with Gasteiger partial charge in [0.1, 0.15) is 12.4 Å². The van der Waals surface area contributed by atoms with Crippen LogP contribution in [0.5, 0.6) is 5.75 Å². The fourth-order valence-electron chi connectivity index (χ4n) is 3.83. The summed E-state index contributed by atoms with van der Waals surface area (Å²) in [5.41, 5.74) is 2.99. The van der Waals surface area contributed by atoms with Gasteiger partial charge < -0.3 is 15.4 Å². The molecule has 0 amide bonds. The second-order valence-corrected chi connectivity index (χ2v) is 8.68. The number of rotatable bonds is 6. The average Bonchev–Trinajstić information content (AvgIpc) is 2.43. The van der Waals surface area contributed by atoms with E-state index in [1.54, 1.807) is 0 Å². The minimum Gasteiger partial charge on any atom is -0.490 e. The second kappa shape index (κ2) is 7.12. The molecule has 0 aliphatic carbocycles. The van der Waals surface area contributed by atoms with Crippen LogP contribution in [0.15, 0.2) is 18.2 Å². The van der Waals surface area contributed by atoms with Crippen LogP contribution < -0.4 is 15.4 Å². The maximum Gasteiger partial charge on any atom is 0.142 e. The number of ether oxygens (including phenoxy) is 1. The molecule has 23 heavy (non-hydrogen) atoms. The lowest BCUT2D eigenvalue weighted by atomic mass is 9.81. The van der Waals surface area contributed by atoms with E-state index in [1.807, 2.05) is 0 Å². The van der Waals surface area contributed by atoms with Crippen molar-refractivity contribution in [1.29, 1.82) is 0 Å². The van der Waals surface area contributed by atoms with E-state index in [1.165, 1.54) is 5.56 Å². The number of fused-ring (bicyclic) bond motifs is 1. The van der Waals surface area contributed by atoms with Crippen molar-refractivity contribution in [2.75, 3.05) is 18.5 Å². The van der Waals surface area contributed by atoms with E-state index in [-0.39, 0.29) is 5.54 Å². The highest BCUT2D eigenvalue weighted by atomic mass is 16.5. The van der Waals surface area contributed by atoms with Crippen LogP contribution in [0.25, 0.3) is 0 Å². The van der Waals surface area contributed by atoms with Crippen LogP contribution in [0.3, 0.4) is 0 Å². The molecule has 1 heterocycles. The predicted octanol–water partition coefficient (Wildman–Crippen LogP) is 4.62. The molecule has 1 aliphatic heterocycles. The second-order valence-electron chi connectivity index (χ2n) is 8.68. The maximum atomic E-state index is 5.67. The first-order valence-corrected chi connectivity index (χ1v) is 8.96. The molecule has 2 N–H and O–H groups in total. The molecule has 0 saturated heterocycles. The first kappa shape index (κ1) is 18.1. The fraction of sp³-hybridized carbons (Fsp3) is 0.700. The normalized spacial score (nSPS) is 16.3. The van der Waals surface area contributed by atoms with Crippen LogP contribution >= 0.6 is 0 Å². The van der Waals surface area contributed by atoms with E-state index < -0.39 is 0 Å². The fourth-order valence-corrected chi connectivity index (χ4v) is 3.83. The molecule has 0 aromatic heterocycles. The Hall–Kier alpha value is -1.22. The predicted molar refractivity (Wildman–Crippen MR) is 99.5 cm³/mol. The third-order valence-corrected chi connectivity index (χ3v) is 4.26. The zero-order chi connectivity index (χ0) is 17.1. The molecule has 0 fully saturated rings. The summed E-state index contributed by atoms with van der Waals surface area (Å²) in [5.74, 6) is 0.981. The Balaban J connectivity index is 2.01. The molecule has 2 rings (SSSR count). The summed E-state index contributed by atoms with van der Waals surface area (Å²) in [6.45, 7) is 15.5. The summed E-state index contributed by atoms with van der Waals surface area (Å²) >= 11 is 0. The van der Waals surface area contributed by atoms with Gasteiger partial charge in [0.25, 0.3) is 0 Å². The van der Waals surface area contributed by atoms with Gasteiger partial charge in [0.05, 0.1) is 5.69 Å². The largest absolute Gasteiger partial charge is 0.490 e. The standard InChI is InChI=1S/C20H34N2O/c1-7-16(22-20(5,6)14-19(2,3)4)12-15-8-9-18-17(13-15)21-10-11-23-18/h8-9,13,16,21-22H,7,10-12,14H2,1-6H3. The SMILES string of the molecule is CCC(Cc1ccc2c(c1)NCCO2)NC(C)(C)CC(C)(C)C. The molecule has 1 aromatic rings. The molecule has 1 aliphatic rings. The van der Waals surface area contributed by atoms with Gasteiger partial charge in [-0.1, -0.05) is 33.8 Å². The van der Waals surface area contributed by atoms with E-state index >= 15 is 0 Å². The lowest BCUT2D eigenvalue weighted by Crippen LogP contribution is -2.48. The molecule has 3 nitrogen and oxygen atoms in total. The van der Waals surface area contributed by atoms with Gasteiger partial charge in [0, 0.05) is 18.1 Å². The Morgan fingerprint density at radius 1 is 1.22 bits per heavy atom. The van der Waals surface area contributed by atoms with Gasteiger partial charge in [-0.2, -0.15) is 0 Å². The van der Waals surface area contributed by atoms with E-state index in [0.717, 1.165) is 43.9 Å². The van der Waals surface area contributed by atoms with Crippen LogP contribution in [0.1, 0.15) is 59.9 Å². The van der Waals surface area contributed by atoms with Crippen molar-refractivity contribution in [1.82, 2.24) is 5.32 Å². The quantitative estimate of drug-likeness (QED) is 0.803. The number of nitrogens with one attached hydrogen (secondary N) is 2. The summed E-state index contributed by atoms with van der Waals surface area (Å²) in [5, 5.41) is 7.30.